The van der Waals surface area contributed by atoms with Crippen molar-refractivity contribution in [3.8, 4) is 0 Å². The van der Waals surface area contributed by atoms with Crippen LogP contribution in [0, 0.1) is 5.82 Å². The minimum absolute atomic E-state index is 0.00374. The summed E-state index contributed by atoms with van der Waals surface area (Å²) >= 11 is 13.4. The Kier molecular flexibility index (Phi) is 6.21. The third-order valence-corrected chi connectivity index (χ3v) is 9.44. The molecule has 0 unspecified atom stereocenters. The summed E-state index contributed by atoms with van der Waals surface area (Å²) in [6, 6.07) is 14.1. The quantitative estimate of drug-likeness (QED) is 0.228. The molecule has 2 aromatic heterocycles. The number of carbonyl (C=O) groups excluding carboxylic acids is 1. The van der Waals surface area contributed by atoms with Crippen LogP contribution in [0.2, 0.25) is 10.0 Å². The predicted octanol–water partition coefficient (Wildman–Crippen LogP) is 6.74. The van der Waals surface area contributed by atoms with Crippen LogP contribution < -0.4 is 5.32 Å². The summed E-state index contributed by atoms with van der Waals surface area (Å²) in [5, 5.41) is 4.28. The molecule has 5 aromatic rings. The van der Waals surface area contributed by atoms with Gasteiger partial charge < -0.3 is 14.3 Å². The molecule has 0 bridgehead atoms. The van der Waals surface area contributed by atoms with E-state index >= 15 is 0 Å². The highest BCUT2D eigenvalue weighted by atomic mass is 35.5. The Balaban J connectivity index is 1.23. The molecule has 0 saturated heterocycles. The molecule has 3 aromatic carbocycles. The first-order valence-corrected chi connectivity index (χ1v) is 14.7. The van der Waals surface area contributed by atoms with Crippen molar-refractivity contribution >= 4 is 66.6 Å². The lowest BCUT2D eigenvalue weighted by atomic mass is 9.95. The van der Waals surface area contributed by atoms with E-state index in [1.54, 1.807) is 60.2 Å². The maximum absolute atomic E-state index is 13.6. The van der Waals surface area contributed by atoms with Crippen LogP contribution in [0.1, 0.15) is 31.2 Å². The van der Waals surface area contributed by atoms with E-state index in [-0.39, 0.29) is 23.1 Å². The number of nitrogens with one attached hydrogen (secondary N) is 1. The number of aromatic nitrogens is 2. The summed E-state index contributed by atoms with van der Waals surface area (Å²) in [5.41, 5.74) is 2.12. The number of benzene rings is 3. The zero-order valence-corrected chi connectivity index (χ0v) is 23.0. The first-order chi connectivity index (χ1) is 18.6. The van der Waals surface area contributed by atoms with Gasteiger partial charge in [0.05, 0.1) is 16.1 Å². The standard InChI is InChI=1S/C28H22Cl2FN3O4S/c1-2-39(36,37)19-4-6-23-16(11-19)7-10-34(23)15-25(35)32-18-13-20(29)26(21(30)14-18)28(8-9-28)27-33-22-5-3-17(31)12-24(22)38-27/h3-7,10-14H,2,8-9,15H2,1H3,(H,32,35). The molecule has 0 aliphatic heterocycles. The molecule has 0 radical (unpaired) electrons. The summed E-state index contributed by atoms with van der Waals surface area (Å²) in [6.45, 7) is 1.60. The molecule has 11 heteroatoms. The average molecular weight is 586 g/mol. The second-order valence-corrected chi connectivity index (χ2v) is 12.7. The molecule has 0 atom stereocenters. The number of amides is 1. The van der Waals surface area contributed by atoms with Crippen LogP contribution in [-0.2, 0) is 26.6 Å². The Morgan fingerprint density at radius 2 is 1.85 bits per heavy atom. The van der Waals surface area contributed by atoms with Crippen molar-refractivity contribution < 1.29 is 22.0 Å². The monoisotopic (exact) mass is 585 g/mol. The van der Waals surface area contributed by atoms with E-state index in [9.17, 15) is 17.6 Å². The van der Waals surface area contributed by atoms with Gasteiger partial charge in [-0.05, 0) is 61.4 Å². The third-order valence-electron chi connectivity index (χ3n) is 7.11. The fraction of sp³-hybridized carbons (Fsp3) is 0.214. The summed E-state index contributed by atoms with van der Waals surface area (Å²) in [5.74, 6) is -0.271. The lowest BCUT2D eigenvalue weighted by molar-refractivity contribution is -0.116. The van der Waals surface area contributed by atoms with Crippen molar-refractivity contribution in [1.82, 2.24) is 9.55 Å². The number of fused-ring (bicyclic) bond motifs is 2. The summed E-state index contributed by atoms with van der Waals surface area (Å²) in [6.07, 6.45) is 3.17. The molecule has 0 spiro atoms. The Bertz CT molecular complexity index is 1870. The highest BCUT2D eigenvalue weighted by Crippen LogP contribution is 2.57. The van der Waals surface area contributed by atoms with E-state index in [4.69, 9.17) is 27.6 Å². The lowest BCUT2D eigenvalue weighted by Gasteiger charge is -2.17. The number of hydrogen-bond donors (Lipinski definition) is 1. The van der Waals surface area contributed by atoms with Crippen molar-refractivity contribution in [2.45, 2.75) is 36.6 Å². The molecule has 1 amide bonds. The molecule has 7 nitrogen and oxygen atoms in total. The molecule has 1 aliphatic carbocycles. The number of rotatable bonds is 7. The van der Waals surface area contributed by atoms with Crippen molar-refractivity contribution in [3.05, 3.63) is 88.1 Å². The molecule has 1 fully saturated rings. The van der Waals surface area contributed by atoms with Crippen LogP contribution in [0.5, 0.6) is 0 Å². The van der Waals surface area contributed by atoms with Gasteiger partial charge in [-0.25, -0.2) is 17.8 Å². The van der Waals surface area contributed by atoms with Crippen LogP contribution in [-0.4, -0.2) is 29.6 Å². The Morgan fingerprint density at radius 3 is 2.54 bits per heavy atom. The van der Waals surface area contributed by atoms with Gasteiger partial charge in [-0.2, -0.15) is 0 Å². The summed E-state index contributed by atoms with van der Waals surface area (Å²) in [7, 11) is -3.33. The number of anilines is 1. The first kappa shape index (κ1) is 25.9. The van der Waals surface area contributed by atoms with Gasteiger partial charge in [0, 0.05) is 44.5 Å². The van der Waals surface area contributed by atoms with E-state index in [0.29, 0.717) is 38.3 Å². The zero-order valence-electron chi connectivity index (χ0n) is 20.7. The van der Waals surface area contributed by atoms with Crippen molar-refractivity contribution in [2.75, 3.05) is 11.1 Å². The molecular formula is C28H22Cl2FN3O4S. The SMILES string of the molecule is CCS(=O)(=O)c1ccc2c(ccn2CC(=O)Nc2cc(Cl)c(C3(c4nc5ccc(F)cc5o4)CC3)c(Cl)c2)c1. The average Bonchev–Trinajstić information content (AvgIpc) is 3.40. The van der Waals surface area contributed by atoms with Crippen LogP contribution in [0.3, 0.4) is 0 Å². The van der Waals surface area contributed by atoms with E-state index in [1.165, 1.54) is 12.1 Å². The van der Waals surface area contributed by atoms with Crippen molar-refractivity contribution in [1.29, 1.82) is 0 Å². The van der Waals surface area contributed by atoms with Gasteiger partial charge in [0.15, 0.2) is 15.4 Å². The molecule has 200 valence electrons. The fourth-order valence-electron chi connectivity index (χ4n) is 4.93. The second-order valence-electron chi connectivity index (χ2n) is 9.64. The first-order valence-electron chi connectivity index (χ1n) is 12.3. The topological polar surface area (TPSA) is 94.2 Å². The van der Waals surface area contributed by atoms with Gasteiger partial charge in [-0.15, -0.1) is 0 Å². The molecule has 1 N–H and O–H groups in total. The summed E-state index contributed by atoms with van der Waals surface area (Å²) in [4.78, 5) is 17.7. The van der Waals surface area contributed by atoms with Crippen LogP contribution in [0.15, 0.2) is 70.1 Å². The smallest absolute Gasteiger partial charge is 0.244 e. The molecular weight excluding hydrogens is 564 g/mol. The van der Waals surface area contributed by atoms with Gasteiger partial charge in [-0.3, -0.25) is 4.79 Å². The number of sulfone groups is 1. The third kappa shape index (κ3) is 4.58. The highest BCUT2D eigenvalue weighted by molar-refractivity contribution is 7.91. The Morgan fingerprint density at radius 1 is 1.10 bits per heavy atom. The van der Waals surface area contributed by atoms with E-state index < -0.39 is 21.1 Å². The number of nitrogens with zero attached hydrogens (tertiary/aromatic N) is 2. The molecule has 1 aliphatic rings. The van der Waals surface area contributed by atoms with Crippen molar-refractivity contribution in [2.24, 2.45) is 0 Å². The number of hydrogen-bond acceptors (Lipinski definition) is 5. The van der Waals surface area contributed by atoms with E-state index in [1.807, 2.05) is 0 Å². The molecule has 1 saturated carbocycles. The number of halogens is 3. The van der Waals surface area contributed by atoms with E-state index in [0.717, 1.165) is 23.7 Å². The van der Waals surface area contributed by atoms with Gasteiger partial charge in [0.25, 0.3) is 0 Å². The highest BCUT2D eigenvalue weighted by Gasteiger charge is 2.52. The van der Waals surface area contributed by atoms with Gasteiger partial charge >= 0.3 is 0 Å². The van der Waals surface area contributed by atoms with Gasteiger partial charge in [0.2, 0.25) is 11.8 Å². The normalized spacial score (nSPS) is 14.7. The maximum atomic E-state index is 13.6. The molecule has 39 heavy (non-hydrogen) atoms. The maximum Gasteiger partial charge on any atom is 0.244 e. The van der Waals surface area contributed by atoms with Crippen molar-refractivity contribution in [3.63, 3.8) is 0 Å². The minimum atomic E-state index is -3.33. The summed E-state index contributed by atoms with van der Waals surface area (Å²) < 4.78 is 45.7. The Hall–Kier alpha value is -3.40. The van der Waals surface area contributed by atoms with Crippen LogP contribution >= 0.6 is 23.2 Å². The van der Waals surface area contributed by atoms with Crippen LogP contribution in [0.25, 0.3) is 22.0 Å². The Labute approximate surface area is 233 Å². The van der Waals surface area contributed by atoms with Gasteiger partial charge in [0.1, 0.15) is 17.9 Å². The number of oxazole rings is 1. The molecule has 6 rings (SSSR count). The second kappa shape index (κ2) is 9.36. The number of carbonyl (C=O) groups is 1. The minimum Gasteiger partial charge on any atom is -0.440 e. The lowest BCUT2D eigenvalue weighted by Crippen LogP contribution is -2.18. The van der Waals surface area contributed by atoms with Gasteiger partial charge in [-0.1, -0.05) is 30.1 Å². The zero-order chi connectivity index (χ0) is 27.5. The largest absolute Gasteiger partial charge is 0.440 e. The predicted molar refractivity (Wildman–Crippen MR) is 149 cm³/mol. The van der Waals surface area contributed by atoms with E-state index in [2.05, 4.69) is 10.3 Å². The molecule has 2 heterocycles. The fourth-order valence-corrected chi connectivity index (χ4v) is 6.70. The van der Waals surface area contributed by atoms with Crippen LogP contribution in [0.4, 0.5) is 10.1 Å².